The number of carbonyl (C=O) groups is 1. The van der Waals surface area contributed by atoms with Crippen molar-refractivity contribution in [3.05, 3.63) is 16.7 Å². The molecule has 1 aliphatic heterocycles. The third kappa shape index (κ3) is 2.07. The minimum absolute atomic E-state index is 0.198. The minimum atomic E-state index is -0.732. The van der Waals surface area contributed by atoms with Crippen LogP contribution in [0.15, 0.2) is 0 Å². The molecule has 1 aromatic rings. The van der Waals surface area contributed by atoms with Crippen LogP contribution in [0, 0.1) is 5.92 Å². The van der Waals surface area contributed by atoms with Crippen molar-refractivity contribution in [1.29, 1.82) is 0 Å². The lowest BCUT2D eigenvalue weighted by Gasteiger charge is -2.23. The number of aromatic nitrogens is 2. The van der Waals surface area contributed by atoms with Crippen molar-refractivity contribution >= 4 is 17.6 Å². The van der Waals surface area contributed by atoms with Gasteiger partial charge < -0.3 is 9.67 Å². The van der Waals surface area contributed by atoms with Crippen LogP contribution in [0.1, 0.15) is 31.3 Å². The zero-order valence-electron chi connectivity index (χ0n) is 9.24. The maximum Gasteiger partial charge on any atom is 0.303 e. The van der Waals surface area contributed by atoms with Gasteiger partial charge in [0.2, 0.25) is 0 Å². The van der Waals surface area contributed by atoms with Crippen LogP contribution in [0.5, 0.6) is 0 Å². The van der Waals surface area contributed by atoms with E-state index in [4.69, 9.17) is 16.7 Å². The molecule has 16 heavy (non-hydrogen) atoms. The summed E-state index contributed by atoms with van der Waals surface area (Å²) in [6.07, 6.45) is 2.73. The van der Waals surface area contributed by atoms with Crippen LogP contribution < -0.4 is 0 Å². The lowest BCUT2D eigenvalue weighted by atomic mass is 9.93. The third-order valence-electron chi connectivity index (χ3n) is 3.13. The zero-order valence-corrected chi connectivity index (χ0v) is 10.00. The van der Waals surface area contributed by atoms with E-state index >= 15 is 0 Å². The maximum atomic E-state index is 10.7. The van der Waals surface area contributed by atoms with Crippen LogP contribution in [0.2, 0.25) is 5.15 Å². The Morgan fingerprint density at radius 3 is 3.06 bits per heavy atom. The van der Waals surface area contributed by atoms with Crippen molar-refractivity contribution in [3.8, 4) is 0 Å². The Morgan fingerprint density at radius 1 is 1.69 bits per heavy atom. The Morgan fingerprint density at radius 2 is 2.44 bits per heavy atom. The molecule has 5 heteroatoms. The maximum absolute atomic E-state index is 10.7. The predicted octanol–water partition coefficient (Wildman–Crippen LogP) is 2.14. The van der Waals surface area contributed by atoms with Crippen LogP contribution in [0.3, 0.4) is 0 Å². The van der Waals surface area contributed by atoms with Crippen LogP contribution in [0.4, 0.5) is 0 Å². The quantitative estimate of drug-likeness (QED) is 0.884. The second-order valence-corrected chi connectivity index (χ2v) is 4.59. The number of imidazole rings is 1. The summed E-state index contributed by atoms with van der Waals surface area (Å²) in [6.45, 7) is 2.89. The van der Waals surface area contributed by atoms with Crippen LogP contribution in [-0.4, -0.2) is 20.6 Å². The average Bonchev–Trinajstić information content (AvgIpc) is 2.55. The van der Waals surface area contributed by atoms with Crippen molar-refractivity contribution < 1.29 is 9.90 Å². The fourth-order valence-electron chi connectivity index (χ4n) is 2.34. The molecule has 1 N–H and O–H groups in total. The first kappa shape index (κ1) is 11.5. The van der Waals surface area contributed by atoms with E-state index in [2.05, 4.69) is 16.5 Å². The van der Waals surface area contributed by atoms with Crippen LogP contribution in [-0.2, 0) is 24.2 Å². The van der Waals surface area contributed by atoms with Crippen molar-refractivity contribution in [3.63, 3.8) is 0 Å². The highest BCUT2D eigenvalue weighted by atomic mass is 35.5. The van der Waals surface area contributed by atoms with Gasteiger partial charge in [0.1, 0.15) is 5.82 Å². The summed E-state index contributed by atoms with van der Waals surface area (Å²) in [6, 6.07) is 0. The largest absolute Gasteiger partial charge is 0.481 e. The molecular weight excluding hydrogens is 228 g/mol. The minimum Gasteiger partial charge on any atom is -0.481 e. The number of aliphatic carboxylic acids is 1. The summed E-state index contributed by atoms with van der Waals surface area (Å²) < 4.78 is 2.14. The van der Waals surface area contributed by atoms with Gasteiger partial charge in [0.15, 0.2) is 5.15 Å². The van der Waals surface area contributed by atoms with E-state index < -0.39 is 5.97 Å². The molecule has 1 aliphatic rings. The molecule has 4 nitrogen and oxygen atoms in total. The Hall–Kier alpha value is -1.03. The van der Waals surface area contributed by atoms with Gasteiger partial charge in [-0.25, -0.2) is 4.98 Å². The highest BCUT2D eigenvalue weighted by Gasteiger charge is 2.25. The number of hydrogen-bond acceptors (Lipinski definition) is 2. The summed E-state index contributed by atoms with van der Waals surface area (Å²) in [5, 5.41) is 9.33. The molecule has 0 saturated heterocycles. The van der Waals surface area contributed by atoms with Crippen molar-refractivity contribution in [2.45, 2.75) is 39.2 Å². The van der Waals surface area contributed by atoms with Crippen molar-refractivity contribution in [1.82, 2.24) is 9.55 Å². The number of rotatable bonds is 3. The van der Waals surface area contributed by atoms with E-state index in [1.54, 1.807) is 0 Å². The van der Waals surface area contributed by atoms with Gasteiger partial charge in [-0.3, -0.25) is 4.79 Å². The van der Waals surface area contributed by atoms with Crippen molar-refractivity contribution in [2.24, 2.45) is 5.92 Å². The molecule has 1 atom stereocenters. The van der Waals surface area contributed by atoms with E-state index in [0.29, 0.717) is 5.15 Å². The van der Waals surface area contributed by atoms with Gasteiger partial charge in [-0.05, 0) is 18.8 Å². The number of carboxylic acid groups (broad SMARTS) is 1. The van der Waals surface area contributed by atoms with Gasteiger partial charge in [0, 0.05) is 19.4 Å². The van der Waals surface area contributed by atoms with Crippen molar-refractivity contribution in [2.75, 3.05) is 0 Å². The Bertz CT molecular complexity index is 414. The molecule has 0 spiro atoms. The monoisotopic (exact) mass is 242 g/mol. The summed E-state index contributed by atoms with van der Waals surface area (Å²) >= 11 is 6.06. The number of nitrogens with zero attached hydrogens (tertiary/aromatic N) is 2. The van der Waals surface area contributed by atoms with Crippen LogP contribution >= 0.6 is 11.6 Å². The zero-order chi connectivity index (χ0) is 11.7. The molecule has 0 fully saturated rings. The molecule has 0 amide bonds. The van der Waals surface area contributed by atoms with E-state index in [-0.39, 0.29) is 12.3 Å². The molecule has 1 unspecified atom stereocenters. The highest BCUT2D eigenvalue weighted by Crippen LogP contribution is 2.29. The van der Waals surface area contributed by atoms with E-state index in [1.807, 2.05) is 0 Å². The highest BCUT2D eigenvalue weighted by molar-refractivity contribution is 6.30. The molecule has 2 rings (SSSR count). The number of fused-ring (bicyclic) bond motifs is 1. The van der Waals surface area contributed by atoms with E-state index in [1.165, 1.54) is 0 Å². The van der Waals surface area contributed by atoms with Crippen LogP contribution in [0.25, 0.3) is 0 Å². The molecule has 88 valence electrons. The molecule has 0 aromatic carbocycles. The molecule has 0 bridgehead atoms. The Balaban J connectivity index is 2.20. The summed E-state index contributed by atoms with van der Waals surface area (Å²) in [5.41, 5.74) is 1.01. The standard InChI is InChI=1S/C11H15ClN2O2/c1-2-9-13-11(12)8-5-7(6-10(15)16)3-4-14(8)9/h7H,2-6H2,1H3,(H,15,16). The van der Waals surface area contributed by atoms with E-state index in [9.17, 15) is 4.79 Å². The summed E-state index contributed by atoms with van der Waals surface area (Å²) in [4.78, 5) is 15.0. The molecule has 1 aromatic heterocycles. The van der Waals surface area contributed by atoms with Gasteiger partial charge in [0.25, 0.3) is 0 Å². The first-order valence-electron chi connectivity index (χ1n) is 5.57. The number of carboxylic acids is 1. The molecule has 0 radical (unpaired) electrons. The van der Waals surface area contributed by atoms with Gasteiger partial charge in [-0.2, -0.15) is 0 Å². The first-order chi connectivity index (χ1) is 7.61. The number of halogens is 1. The Labute approximate surface area is 99.2 Å². The topological polar surface area (TPSA) is 55.1 Å². The van der Waals surface area contributed by atoms with Gasteiger partial charge in [0.05, 0.1) is 5.69 Å². The third-order valence-corrected chi connectivity index (χ3v) is 3.43. The van der Waals surface area contributed by atoms with E-state index in [0.717, 1.165) is 37.3 Å². The fourth-order valence-corrected chi connectivity index (χ4v) is 2.62. The first-order valence-corrected chi connectivity index (χ1v) is 5.95. The molecule has 0 aliphatic carbocycles. The normalized spacial score (nSPS) is 19.5. The van der Waals surface area contributed by atoms with Gasteiger partial charge in [-0.15, -0.1) is 0 Å². The Kier molecular flexibility index (Phi) is 3.19. The lowest BCUT2D eigenvalue weighted by molar-refractivity contribution is -0.138. The van der Waals surface area contributed by atoms with Gasteiger partial charge in [-0.1, -0.05) is 18.5 Å². The predicted molar refractivity (Wildman–Crippen MR) is 60.7 cm³/mol. The number of aryl methyl sites for hydroxylation is 1. The SMILES string of the molecule is CCc1nc(Cl)c2n1CCC(CC(=O)O)C2. The smallest absolute Gasteiger partial charge is 0.303 e. The molecule has 2 heterocycles. The van der Waals surface area contributed by atoms with Gasteiger partial charge >= 0.3 is 5.97 Å². The lowest BCUT2D eigenvalue weighted by Crippen LogP contribution is -2.22. The fraction of sp³-hybridized carbons (Fsp3) is 0.636. The summed E-state index contributed by atoms with van der Waals surface area (Å²) in [7, 11) is 0. The second kappa shape index (κ2) is 4.45. The molecule has 0 saturated carbocycles. The summed E-state index contributed by atoms with van der Waals surface area (Å²) in [5.74, 6) is 0.475. The molecular formula is C11H15ClN2O2. The second-order valence-electron chi connectivity index (χ2n) is 4.23. The average molecular weight is 243 g/mol. The number of hydrogen-bond donors (Lipinski definition) is 1.